The van der Waals surface area contributed by atoms with E-state index in [1.54, 1.807) is 7.11 Å². The minimum atomic E-state index is 0.0591. The summed E-state index contributed by atoms with van der Waals surface area (Å²) < 4.78 is 15.8. The molecule has 98 valence electrons. The number of hydrogen-bond acceptors (Lipinski definition) is 5. The summed E-state index contributed by atoms with van der Waals surface area (Å²) >= 11 is 0. The van der Waals surface area contributed by atoms with E-state index in [4.69, 9.17) is 19.3 Å². The minimum absolute atomic E-state index is 0.0591. The summed E-state index contributed by atoms with van der Waals surface area (Å²) in [6, 6.07) is 0. The van der Waals surface area contributed by atoms with E-state index in [0.717, 1.165) is 13.0 Å². The second kappa shape index (κ2) is 11.3. The Morgan fingerprint density at radius 3 is 2.38 bits per heavy atom. The molecule has 0 aliphatic carbocycles. The number of hydrogen-bond donors (Lipinski definition) is 1. The van der Waals surface area contributed by atoms with Crippen LogP contribution in [0.1, 0.15) is 6.42 Å². The van der Waals surface area contributed by atoms with Crippen LogP contribution in [0.15, 0.2) is 0 Å². The Hall–Kier alpha value is -0.200. The maximum Gasteiger partial charge on any atom is 0.0816 e. The van der Waals surface area contributed by atoms with Crippen molar-refractivity contribution in [2.24, 2.45) is 0 Å². The summed E-state index contributed by atoms with van der Waals surface area (Å²) in [5.41, 5.74) is 0. The Labute approximate surface area is 98.3 Å². The van der Waals surface area contributed by atoms with Crippen molar-refractivity contribution in [2.75, 3.05) is 60.8 Å². The van der Waals surface area contributed by atoms with Crippen LogP contribution >= 0.6 is 0 Å². The number of nitrogens with zero attached hydrogens (tertiary/aromatic N) is 1. The molecular formula is C11H25NO4. The zero-order valence-electron chi connectivity index (χ0n) is 10.6. The van der Waals surface area contributed by atoms with Gasteiger partial charge in [-0.2, -0.15) is 0 Å². The summed E-state index contributed by atoms with van der Waals surface area (Å²) in [6.07, 6.45) is 1.10. The van der Waals surface area contributed by atoms with Crippen LogP contribution in [0.3, 0.4) is 0 Å². The number of rotatable bonds is 11. The Bertz CT molecular complexity index is 144. The highest BCUT2D eigenvalue weighted by atomic mass is 16.5. The van der Waals surface area contributed by atoms with Crippen molar-refractivity contribution in [3.05, 3.63) is 0 Å². The number of aliphatic hydroxyl groups excluding tert-OH is 1. The van der Waals surface area contributed by atoms with Crippen LogP contribution in [-0.2, 0) is 14.2 Å². The van der Waals surface area contributed by atoms with Crippen LogP contribution in [0.2, 0.25) is 0 Å². The highest BCUT2D eigenvalue weighted by Gasteiger charge is 2.07. The van der Waals surface area contributed by atoms with Gasteiger partial charge in [0.25, 0.3) is 0 Å². The minimum Gasteiger partial charge on any atom is -0.394 e. The molecule has 0 aromatic rings. The molecule has 0 aromatic carbocycles. The monoisotopic (exact) mass is 235 g/mol. The molecule has 16 heavy (non-hydrogen) atoms. The third-order valence-electron chi connectivity index (χ3n) is 2.14. The van der Waals surface area contributed by atoms with Crippen molar-refractivity contribution in [1.82, 2.24) is 4.90 Å². The molecule has 0 spiro atoms. The number of aliphatic hydroxyl groups is 1. The normalized spacial score (nSPS) is 13.3. The zero-order chi connectivity index (χ0) is 12.2. The highest BCUT2D eigenvalue weighted by Crippen LogP contribution is 1.99. The van der Waals surface area contributed by atoms with Gasteiger partial charge in [0.15, 0.2) is 0 Å². The molecule has 5 heteroatoms. The van der Waals surface area contributed by atoms with E-state index in [1.165, 1.54) is 0 Å². The van der Waals surface area contributed by atoms with Crippen LogP contribution in [0.4, 0.5) is 0 Å². The molecule has 0 rings (SSSR count). The summed E-state index contributed by atoms with van der Waals surface area (Å²) in [5.74, 6) is 0. The SMILES string of the molecule is COC(CCN(C)C)COCCOCCO. The van der Waals surface area contributed by atoms with Gasteiger partial charge in [-0.05, 0) is 20.5 Å². The molecule has 0 aliphatic rings. The van der Waals surface area contributed by atoms with Gasteiger partial charge < -0.3 is 24.2 Å². The lowest BCUT2D eigenvalue weighted by atomic mass is 10.2. The molecule has 0 amide bonds. The molecule has 0 aromatic heterocycles. The van der Waals surface area contributed by atoms with Crippen molar-refractivity contribution < 1.29 is 19.3 Å². The molecular weight excluding hydrogens is 210 g/mol. The molecule has 1 atom stereocenters. The summed E-state index contributed by atoms with van der Waals surface area (Å²) in [6.45, 7) is 3.07. The molecule has 0 saturated carbocycles. The predicted molar refractivity (Wildman–Crippen MR) is 62.7 cm³/mol. The second-order valence-corrected chi connectivity index (χ2v) is 3.86. The smallest absolute Gasteiger partial charge is 0.0816 e. The average molecular weight is 235 g/mol. The number of methoxy groups -OCH3 is 1. The van der Waals surface area contributed by atoms with Gasteiger partial charge in [0.05, 0.1) is 39.1 Å². The Morgan fingerprint density at radius 2 is 1.81 bits per heavy atom. The fourth-order valence-corrected chi connectivity index (χ4v) is 1.17. The average Bonchev–Trinajstić information content (AvgIpc) is 2.27. The van der Waals surface area contributed by atoms with Crippen LogP contribution < -0.4 is 0 Å². The van der Waals surface area contributed by atoms with Gasteiger partial charge in [0, 0.05) is 13.7 Å². The van der Waals surface area contributed by atoms with E-state index >= 15 is 0 Å². The van der Waals surface area contributed by atoms with Crippen molar-refractivity contribution in [3.8, 4) is 0 Å². The van der Waals surface area contributed by atoms with Crippen LogP contribution in [0.5, 0.6) is 0 Å². The summed E-state index contributed by atoms with van der Waals surface area (Å²) in [4.78, 5) is 2.12. The van der Waals surface area contributed by atoms with Gasteiger partial charge in [0.2, 0.25) is 0 Å². The van der Waals surface area contributed by atoms with E-state index in [-0.39, 0.29) is 12.7 Å². The van der Waals surface area contributed by atoms with Crippen molar-refractivity contribution in [1.29, 1.82) is 0 Å². The van der Waals surface area contributed by atoms with E-state index in [2.05, 4.69) is 4.90 Å². The summed E-state index contributed by atoms with van der Waals surface area (Å²) in [7, 11) is 5.78. The standard InChI is InChI=1S/C11H25NO4/c1-12(2)5-4-11(14-3)10-16-9-8-15-7-6-13/h11,13H,4-10H2,1-3H3. The first-order chi connectivity index (χ1) is 7.70. The van der Waals surface area contributed by atoms with Crippen molar-refractivity contribution in [2.45, 2.75) is 12.5 Å². The molecule has 5 nitrogen and oxygen atoms in total. The predicted octanol–water partition coefficient (Wildman–Crippen LogP) is -0.0214. The molecule has 0 saturated heterocycles. The first kappa shape index (κ1) is 15.8. The maximum absolute atomic E-state index is 8.48. The third-order valence-corrected chi connectivity index (χ3v) is 2.14. The molecule has 0 radical (unpaired) electrons. The molecule has 0 aliphatic heterocycles. The van der Waals surface area contributed by atoms with E-state index in [1.807, 2.05) is 14.1 Å². The second-order valence-electron chi connectivity index (χ2n) is 3.86. The molecule has 1 unspecified atom stereocenters. The third kappa shape index (κ3) is 10.3. The zero-order valence-corrected chi connectivity index (χ0v) is 10.6. The van der Waals surface area contributed by atoms with Gasteiger partial charge in [-0.25, -0.2) is 0 Å². The largest absolute Gasteiger partial charge is 0.394 e. The van der Waals surface area contributed by atoms with Gasteiger partial charge in [0.1, 0.15) is 0 Å². The van der Waals surface area contributed by atoms with Crippen LogP contribution in [0, 0.1) is 0 Å². The lowest BCUT2D eigenvalue weighted by Crippen LogP contribution is -2.25. The Balaban J connectivity index is 3.33. The lowest BCUT2D eigenvalue weighted by Gasteiger charge is -2.18. The first-order valence-corrected chi connectivity index (χ1v) is 5.64. The fourth-order valence-electron chi connectivity index (χ4n) is 1.17. The Kier molecular flexibility index (Phi) is 11.1. The summed E-state index contributed by atoms with van der Waals surface area (Å²) in [5, 5.41) is 8.48. The van der Waals surface area contributed by atoms with Crippen molar-refractivity contribution >= 4 is 0 Å². The van der Waals surface area contributed by atoms with Gasteiger partial charge >= 0.3 is 0 Å². The molecule has 0 bridgehead atoms. The highest BCUT2D eigenvalue weighted by molar-refractivity contribution is 4.58. The molecule has 0 heterocycles. The van der Waals surface area contributed by atoms with Gasteiger partial charge in [-0.1, -0.05) is 0 Å². The maximum atomic E-state index is 8.48. The van der Waals surface area contributed by atoms with Crippen LogP contribution in [-0.4, -0.2) is 76.9 Å². The first-order valence-electron chi connectivity index (χ1n) is 5.64. The van der Waals surface area contributed by atoms with Crippen molar-refractivity contribution in [3.63, 3.8) is 0 Å². The quantitative estimate of drug-likeness (QED) is 0.510. The van der Waals surface area contributed by atoms with E-state index in [0.29, 0.717) is 26.4 Å². The van der Waals surface area contributed by atoms with E-state index < -0.39 is 0 Å². The topological polar surface area (TPSA) is 51.2 Å². The van der Waals surface area contributed by atoms with Crippen LogP contribution in [0.25, 0.3) is 0 Å². The Morgan fingerprint density at radius 1 is 1.12 bits per heavy atom. The van der Waals surface area contributed by atoms with E-state index in [9.17, 15) is 0 Å². The lowest BCUT2D eigenvalue weighted by molar-refractivity contribution is -0.0213. The van der Waals surface area contributed by atoms with Gasteiger partial charge in [-0.3, -0.25) is 0 Å². The number of ether oxygens (including phenoxy) is 3. The molecule has 1 N–H and O–H groups in total. The molecule has 0 fully saturated rings. The fraction of sp³-hybridized carbons (Fsp3) is 1.00. The van der Waals surface area contributed by atoms with Gasteiger partial charge in [-0.15, -0.1) is 0 Å².